The Kier molecular flexibility index (Phi) is 10.5. The summed E-state index contributed by atoms with van der Waals surface area (Å²) in [6.45, 7) is 1.91. The highest BCUT2D eigenvalue weighted by Crippen LogP contribution is 2.38. The van der Waals surface area contributed by atoms with E-state index in [1.807, 2.05) is 0 Å². The van der Waals surface area contributed by atoms with E-state index in [0.29, 0.717) is 30.5 Å². The fourth-order valence-corrected chi connectivity index (χ4v) is 5.74. The van der Waals surface area contributed by atoms with Gasteiger partial charge in [-0.3, -0.25) is 9.59 Å². The van der Waals surface area contributed by atoms with Gasteiger partial charge in [0, 0.05) is 43.6 Å². The number of alkyl halides is 6. The van der Waals surface area contributed by atoms with Crippen LogP contribution in [0.25, 0.3) is 0 Å². The Labute approximate surface area is 249 Å². The molecule has 2 fully saturated rings. The highest BCUT2D eigenvalue weighted by atomic mass is 35.5. The van der Waals surface area contributed by atoms with Crippen molar-refractivity contribution in [1.82, 2.24) is 15.1 Å². The zero-order valence-corrected chi connectivity index (χ0v) is 24.1. The number of amides is 2. The van der Waals surface area contributed by atoms with Gasteiger partial charge in [0.25, 0.3) is 5.91 Å². The molecule has 0 unspecified atom stereocenters. The SMILES string of the molecule is CN(C(=O)c1cc(C(F)(F)F)cc(C(F)(F)F)c1)[C@@H]1CCN(C(=O)C2CCNCC2)C[C@H]1c1ccc(Cl)c(Cl)c1.Cl. The number of nitrogens with zero attached hydrogens (tertiary/aromatic N) is 2. The zero-order valence-electron chi connectivity index (χ0n) is 21.8. The van der Waals surface area contributed by atoms with Crippen molar-refractivity contribution >= 4 is 47.4 Å². The molecule has 1 N–H and O–H groups in total. The molecule has 0 aliphatic carbocycles. The number of rotatable bonds is 4. The molecule has 2 atom stereocenters. The fraction of sp³-hybridized carbons (Fsp3) is 0.481. The van der Waals surface area contributed by atoms with Crippen LogP contribution in [0.4, 0.5) is 26.3 Å². The van der Waals surface area contributed by atoms with Crippen molar-refractivity contribution < 1.29 is 35.9 Å². The molecule has 2 aromatic carbocycles. The van der Waals surface area contributed by atoms with Gasteiger partial charge in [-0.1, -0.05) is 29.3 Å². The predicted molar refractivity (Wildman–Crippen MR) is 146 cm³/mol. The van der Waals surface area contributed by atoms with Crippen LogP contribution in [0.1, 0.15) is 52.2 Å². The van der Waals surface area contributed by atoms with Crippen LogP contribution in [0, 0.1) is 5.92 Å². The molecule has 0 bridgehead atoms. The van der Waals surface area contributed by atoms with Gasteiger partial charge in [-0.05, 0) is 68.2 Å². The first-order valence-corrected chi connectivity index (χ1v) is 13.4. The molecule has 14 heteroatoms. The van der Waals surface area contributed by atoms with Gasteiger partial charge in [-0.15, -0.1) is 12.4 Å². The summed E-state index contributed by atoms with van der Waals surface area (Å²) in [4.78, 5) is 29.6. The minimum Gasteiger partial charge on any atom is -0.342 e. The minimum absolute atomic E-state index is 0. The van der Waals surface area contributed by atoms with Gasteiger partial charge >= 0.3 is 12.4 Å². The Morgan fingerprint density at radius 2 is 1.49 bits per heavy atom. The molecule has 0 aromatic heterocycles. The van der Waals surface area contributed by atoms with Crippen LogP contribution in [0.5, 0.6) is 0 Å². The fourth-order valence-electron chi connectivity index (χ4n) is 5.43. The Hall–Kier alpha value is -2.21. The van der Waals surface area contributed by atoms with E-state index in [0.717, 1.165) is 18.0 Å². The van der Waals surface area contributed by atoms with Crippen molar-refractivity contribution in [2.45, 2.75) is 43.6 Å². The summed E-state index contributed by atoms with van der Waals surface area (Å²) in [7, 11) is 1.34. The minimum atomic E-state index is -5.09. The molecule has 4 rings (SSSR count). The first kappa shape index (κ1) is 33.3. The molecule has 2 aliphatic rings. The first-order chi connectivity index (χ1) is 18.7. The third-order valence-electron chi connectivity index (χ3n) is 7.60. The maximum Gasteiger partial charge on any atom is 0.416 e. The summed E-state index contributed by atoms with van der Waals surface area (Å²) in [5, 5.41) is 3.74. The number of halogens is 9. The normalized spacial score (nSPS) is 20.4. The lowest BCUT2D eigenvalue weighted by Crippen LogP contribution is -2.53. The van der Waals surface area contributed by atoms with E-state index in [-0.39, 0.29) is 59.9 Å². The number of nitrogens with one attached hydrogen (secondary N) is 1. The molecular formula is C27H28Cl3F6N3O2. The molecule has 5 nitrogen and oxygen atoms in total. The van der Waals surface area contributed by atoms with E-state index < -0.39 is 46.9 Å². The number of hydrogen-bond donors (Lipinski definition) is 1. The summed E-state index contributed by atoms with van der Waals surface area (Å²) >= 11 is 12.3. The van der Waals surface area contributed by atoms with Gasteiger partial charge in [0.15, 0.2) is 0 Å². The quantitative estimate of drug-likeness (QED) is 0.368. The summed E-state index contributed by atoms with van der Waals surface area (Å²) in [6, 6.07) is 5.05. The van der Waals surface area contributed by atoms with E-state index in [2.05, 4.69) is 5.32 Å². The van der Waals surface area contributed by atoms with Crippen LogP contribution < -0.4 is 5.32 Å². The number of likely N-dealkylation sites (tertiary alicyclic amines) is 1. The van der Waals surface area contributed by atoms with E-state index in [1.165, 1.54) is 7.05 Å². The van der Waals surface area contributed by atoms with Crippen LogP contribution in [0.3, 0.4) is 0 Å². The predicted octanol–water partition coefficient (Wildman–Crippen LogP) is 6.91. The number of benzene rings is 2. The van der Waals surface area contributed by atoms with Crippen molar-refractivity contribution in [1.29, 1.82) is 0 Å². The highest BCUT2D eigenvalue weighted by molar-refractivity contribution is 6.42. The Morgan fingerprint density at radius 1 is 0.902 bits per heavy atom. The second-order valence-electron chi connectivity index (χ2n) is 10.2. The van der Waals surface area contributed by atoms with E-state index in [4.69, 9.17) is 23.2 Å². The number of piperidine rings is 2. The third kappa shape index (κ3) is 7.60. The number of likely N-dealkylation sites (N-methyl/N-ethyl adjacent to an activating group) is 1. The molecule has 2 aliphatic heterocycles. The monoisotopic (exact) mass is 645 g/mol. The van der Waals surface area contributed by atoms with Gasteiger partial charge in [0.05, 0.1) is 21.2 Å². The molecule has 41 heavy (non-hydrogen) atoms. The van der Waals surface area contributed by atoms with Gasteiger partial charge in [-0.25, -0.2) is 0 Å². The molecular weight excluding hydrogens is 619 g/mol. The number of hydrogen-bond acceptors (Lipinski definition) is 3. The Morgan fingerprint density at radius 3 is 2.02 bits per heavy atom. The van der Waals surface area contributed by atoms with Gasteiger partial charge in [0.2, 0.25) is 5.91 Å². The van der Waals surface area contributed by atoms with Crippen LogP contribution in [0.15, 0.2) is 36.4 Å². The number of carbonyl (C=O) groups is 2. The lowest BCUT2D eigenvalue weighted by molar-refractivity contribution is -0.143. The average Bonchev–Trinajstić information content (AvgIpc) is 2.92. The van der Waals surface area contributed by atoms with Crippen molar-refractivity contribution in [3.63, 3.8) is 0 Å². The molecule has 0 radical (unpaired) electrons. The second-order valence-corrected chi connectivity index (χ2v) is 11.0. The summed E-state index contributed by atoms with van der Waals surface area (Å²) in [5.41, 5.74) is -3.22. The lowest BCUT2D eigenvalue weighted by Gasteiger charge is -2.44. The largest absolute Gasteiger partial charge is 0.416 e. The Bertz CT molecular complexity index is 1240. The lowest BCUT2D eigenvalue weighted by atomic mass is 9.83. The van der Waals surface area contributed by atoms with Crippen molar-refractivity contribution in [3.8, 4) is 0 Å². The van der Waals surface area contributed by atoms with Gasteiger partial charge in [-0.2, -0.15) is 26.3 Å². The molecule has 0 saturated carbocycles. The zero-order chi connectivity index (χ0) is 29.4. The van der Waals surface area contributed by atoms with Gasteiger partial charge in [0.1, 0.15) is 0 Å². The van der Waals surface area contributed by atoms with Crippen LogP contribution in [-0.2, 0) is 17.1 Å². The van der Waals surface area contributed by atoms with E-state index >= 15 is 0 Å². The highest BCUT2D eigenvalue weighted by Gasteiger charge is 2.41. The third-order valence-corrected chi connectivity index (χ3v) is 8.34. The van der Waals surface area contributed by atoms with Crippen LogP contribution in [0.2, 0.25) is 10.0 Å². The molecule has 2 saturated heterocycles. The Balaban J connectivity index is 0.00000462. The van der Waals surface area contributed by atoms with Crippen molar-refractivity contribution in [3.05, 3.63) is 68.7 Å². The van der Waals surface area contributed by atoms with E-state index in [1.54, 1.807) is 23.1 Å². The molecule has 2 aromatic rings. The molecule has 2 heterocycles. The molecule has 226 valence electrons. The second kappa shape index (κ2) is 13.0. The maximum atomic E-state index is 13.4. The molecule has 2 amide bonds. The van der Waals surface area contributed by atoms with Gasteiger partial charge < -0.3 is 15.1 Å². The average molecular weight is 647 g/mol. The molecule has 0 spiro atoms. The number of carbonyl (C=O) groups excluding carboxylic acids is 2. The summed E-state index contributed by atoms with van der Waals surface area (Å²) in [6.07, 6.45) is -8.54. The summed E-state index contributed by atoms with van der Waals surface area (Å²) < 4.78 is 80.5. The van der Waals surface area contributed by atoms with E-state index in [9.17, 15) is 35.9 Å². The van der Waals surface area contributed by atoms with Crippen LogP contribution in [-0.4, -0.2) is 60.9 Å². The van der Waals surface area contributed by atoms with Crippen molar-refractivity contribution in [2.24, 2.45) is 5.92 Å². The standard InChI is InChI=1S/C27H27Cl2F6N3O2.ClH/c1-37(24(39)17-10-18(26(30,31)32)13-19(11-17)27(33,34)35)23-6-9-38(25(40)15-4-7-36-8-5-15)14-20(23)16-2-3-21(28)22(29)12-16;/h2-3,10-13,15,20,23,36H,4-9,14H2,1H3;1H/t20-,23+;/m0./s1. The summed E-state index contributed by atoms with van der Waals surface area (Å²) in [5.74, 6) is -1.69. The van der Waals surface area contributed by atoms with Crippen LogP contribution >= 0.6 is 35.6 Å². The van der Waals surface area contributed by atoms with Crippen molar-refractivity contribution in [2.75, 3.05) is 33.2 Å². The maximum absolute atomic E-state index is 13.4. The first-order valence-electron chi connectivity index (χ1n) is 12.7. The topological polar surface area (TPSA) is 52.7 Å². The smallest absolute Gasteiger partial charge is 0.342 e.